The molecule has 0 amide bonds. The fourth-order valence-corrected chi connectivity index (χ4v) is 2.65. The monoisotopic (exact) mass is 304 g/mol. The number of aromatic amines is 1. The summed E-state index contributed by atoms with van der Waals surface area (Å²) in [5, 5.41) is 14.4. The molecule has 0 spiro atoms. The molecule has 23 heavy (non-hydrogen) atoms. The standard InChI is InChI=1S/C16H12N6O/c17-4-1-14(11-3-6-23-9-11)22-8-12(7-21-22)15-13-2-5-18-16(13)20-10-19-15/h2-3,5-10,14H,1H2,(H,18,19,20). The summed E-state index contributed by atoms with van der Waals surface area (Å²) in [6.07, 6.45) is 10.5. The van der Waals surface area contributed by atoms with Gasteiger partial charge < -0.3 is 9.40 Å². The van der Waals surface area contributed by atoms with E-state index in [2.05, 4.69) is 26.1 Å². The van der Waals surface area contributed by atoms with Gasteiger partial charge in [0.1, 0.15) is 12.0 Å². The van der Waals surface area contributed by atoms with Crippen LogP contribution in [-0.2, 0) is 0 Å². The predicted molar refractivity (Wildman–Crippen MR) is 82.2 cm³/mol. The lowest BCUT2D eigenvalue weighted by Gasteiger charge is -2.11. The van der Waals surface area contributed by atoms with Crippen LogP contribution in [0.1, 0.15) is 18.0 Å². The Kier molecular flexibility index (Phi) is 3.13. The van der Waals surface area contributed by atoms with Crippen molar-refractivity contribution in [3.8, 4) is 17.3 Å². The summed E-state index contributed by atoms with van der Waals surface area (Å²) >= 11 is 0. The van der Waals surface area contributed by atoms with Crippen LogP contribution in [0.5, 0.6) is 0 Å². The molecule has 0 aliphatic carbocycles. The first-order valence-corrected chi connectivity index (χ1v) is 7.08. The van der Waals surface area contributed by atoms with Gasteiger partial charge in [-0.15, -0.1) is 0 Å². The molecule has 0 bridgehead atoms. The second-order valence-corrected chi connectivity index (χ2v) is 5.11. The molecule has 1 atom stereocenters. The molecular formula is C16H12N6O. The number of hydrogen-bond donors (Lipinski definition) is 1. The van der Waals surface area contributed by atoms with Crippen LogP contribution in [0.2, 0.25) is 0 Å². The second kappa shape index (κ2) is 5.42. The summed E-state index contributed by atoms with van der Waals surface area (Å²) in [7, 11) is 0. The van der Waals surface area contributed by atoms with Crippen LogP contribution in [0.15, 0.2) is 54.0 Å². The zero-order valence-corrected chi connectivity index (χ0v) is 12.0. The van der Waals surface area contributed by atoms with Gasteiger partial charge in [0.25, 0.3) is 0 Å². The smallest absolute Gasteiger partial charge is 0.141 e. The highest BCUT2D eigenvalue weighted by molar-refractivity contribution is 5.89. The fourth-order valence-electron chi connectivity index (χ4n) is 2.65. The van der Waals surface area contributed by atoms with E-state index in [1.807, 2.05) is 24.5 Å². The lowest BCUT2D eigenvalue weighted by atomic mass is 10.1. The normalized spacial score (nSPS) is 12.3. The maximum absolute atomic E-state index is 9.09. The Labute approximate surface area is 131 Å². The van der Waals surface area contributed by atoms with Crippen molar-refractivity contribution in [1.82, 2.24) is 24.7 Å². The minimum atomic E-state index is -0.184. The van der Waals surface area contributed by atoms with Crippen molar-refractivity contribution in [3.63, 3.8) is 0 Å². The third kappa shape index (κ3) is 2.26. The third-order valence-corrected chi connectivity index (χ3v) is 3.76. The topological polar surface area (TPSA) is 96.3 Å². The van der Waals surface area contributed by atoms with Gasteiger partial charge in [-0.1, -0.05) is 0 Å². The quantitative estimate of drug-likeness (QED) is 0.625. The van der Waals surface area contributed by atoms with Gasteiger partial charge in [0, 0.05) is 28.9 Å². The van der Waals surface area contributed by atoms with E-state index < -0.39 is 0 Å². The molecule has 0 saturated heterocycles. The van der Waals surface area contributed by atoms with E-state index in [1.165, 1.54) is 6.33 Å². The van der Waals surface area contributed by atoms with Gasteiger partial charge in [-0.3, -0.25) is 4.68 Å². The first-order valence-electron chi connectivity index (χ1n) is 7.08. The zero-order chi connectivity index (χ0) is 15.6. The minimum Gasteiger partial charge on any atom is -0.472 e. The number of fused-ring (bicyclic) bond motifs is 1. The Balaban J connectivity index is 1.77. The van der Waals surface area contributed by atoms with Gasteiger partial charge in [0.2, 0.25) is 0 Å². The van der Waals surface area contributed by atoms with Gasteiger partial charge in [0.05, 0.1) is 42.9 Å². The van der Waals surface area contributed by atoms with Crippen molar-refractivity contribution in [2.45, 2.75) is 12.5 Å². The molecule has 0 saturated carbocycles. The number of nitrogens with one attached hydrogen (secondary N) is 1. The molecule has 1 unspecified atom stereocenters. The highest BCUT2D eigenvalue weighted by Crippen LogP contribution is 2.27. The molecule has 0 radical (unpaired) electrons. The van der Waals surface area contributed by atoms with E-state index in [0.717, 1.165) is 27.9 Å². The van der Waals surface area contributed by atoms with E-state index in [1.54, 1.807) is 23.4 Å². The van der Waals surface area contributed by atoms with Crippen molar-refractivity contribution in [3.05, 3.63) is 55.1 Å². The van der Waals surface area contributed by atoms with Crippen LogP contribution in [0, 0.1) is 11.3 Å². The maximum Gasteiger partial charge on any atom is 0.141 e. The number of aromatic nitrogens is 5. The first-order chi connectivity index (χ1) is 11.4. The maximum atomic E-state index is 9.09. The number of rotatable bonds is 4. The van der Waals surface area contributed by atoms with Gasteiger partial charge >= 0.3 is 0 Å². The molecule has 4 aromatic rings. The third-order valence-electron chi connectivity index (χ3n) is 3.76. The van der Waals surface area contributed by atoms with Crippen LogP contribution in [0.3, 0.4) is 0 Å². The van der Waals surface area contributed by atoms with Gasteiger partial charge in [-0.05, 0) is 12.1 Å². The van der Waals surface area contributed by atoms with E-state index in [4.69, 9.17) is 9.68 Å². The molecule has 7 heteroatoms. The summed E-state index contributed by atoms with van der Waals surface area (Å²) in [5.41, 5.74) is 3.38. The Morgan fingerprint density at radius 2 is 2.30 bits per heavy atom. The molecule has 4 heterocycles. The van der Waals surface area contributed by atoms with E-state index in [-0.39, 0.29) is 6.04 Å². The van der Waals surface area contributed by atoms with Crippen LogP contribution < -0.4 is 0 Å². The predicted octanol–water partition coefficient (Wildman–Crippen LogP) is 2.92. The van der Waals surface area contributed by atoms with Crippen molar-refractivity contribution < 1.29 is 4.42 Å². The Morgan fingerprint density at radius 3 is 3.13 bits per heavy atom. The summed E-state index contributed by atoms with van der Waals surface area (Å²) in [4.78, 5) is 11.6. The van der Waals surface area contributed by atoms with E-state index in [0.29, 0.717) is 6.42 Å². The summed E-state index contributed by atoms with van der Waals surface area (Å²) in [6, 6.07) is 5.79. The highest BCUT2D eigenvalue weighted by atomic mass is 16.3. The Morgan fingerprint density at radius 1 is 1.35 bits per heavy atom. The van der Waals surface area contributed by atoms with Crippen LogP contribution in [-0.4, -0.2) is 24.7 Å². The number of nitriles is 1. The number of nitrogens with zero attached hydrogens (tertiary/aromatic N) is 5. The molecule has 1 N–H and O–H groups in total. The summed E-state index contributed by atoms with van der Waals surface area (Å²) < 4.78 is 6.89. The highest BCUT2D eigenvalue weighted by Gasteiger charge is 2.17. The molecule has 0 aliphatic rings. The summed E-state index contributed by atoms with van der Waals surface area (Å²) in [6.45, 7) is 0. The Hall–Kier alpha value is -3.40. The van der Waals surface area contributed by atoms with Gasteiger partial charge in [-0.2, -0.15) is 10.4 Å². The van der Waals surface area contributed by atoms with Crippen LogP contribution in [0.25, 0.3) is 22.3 Å². The average Bonchev–Trinajstić information content (AvgIpc) is 3.32. The molecule has 7 nitrogen and oxygen atoms in total. The average molecular weight is 304 g/mol. The molecule has 0 aliphatic heterocycles. The lowest BCUT2D eigenvalue weighted by Crippen LogP contribution is -2.09. The molecule has 4 rings (SSSR count). The van der Waals surface area contributed by atoms with Gasteiger partial charge in [-0.25, -0.2) is 9.97 Å². The number of furan rings is 1. The van der Waals surface area contributed by atoms with Gasteiger partial charge in [0.15, 0.2) is 0 Å². The molecule has 4 aromatic heterocycles. The molecule has 112 valence electrons. The van der Waals surface area contributed by atoms with Crippen molar-refractivity contribution in [2.75, 3.05) is 0 Å². The summed E-state index contributed by atoms with van der Waals surface area (Å²) in [5.74, 6) is 0. The van der Waals surface area contributed by atoms with E-state index >= 15 is 0 Å². The SMILES string of the molecule is N#CCC(c1ccoc1)n1cc(-c2ncnc3[nH]ccc23)cn1. The molecule has 0 aromatic carbocycles. The second-order valence-electron chi connectivity index (χ2n) is 5.11. The van der Waals surface area contributed by atoms with Crippen LogP contribution >= 0.6 is 0 Å². The van der Waals surface area contributed by atoms with Crippen molar-refractivity contribution in [1.29, 1.82) is 5.26 Å². The van der Waals surface area contributed by atoms with Crippen molar-refractivity contribution in [2.24, 2.45) is 0 Å². The minimum absolute atomic E-state index is 0.184. The van der Waals surface area contributed by atoms with Crippen LogP contribution in [0.4, 0.5) is 0 Å². The van der Waals surface area contributed by atoms with Crippen molar-refractivity contribution >= 4 is 11.0 Å². The largest absolute Gasteiger partial charge is 0.472 e. The Bertz CT molecular complexity index is 976. The first kappa shape index (κ1) is 13.3. The molecular weight excluding hydrogens is 292 g/mol. The van der Waals surface area contributed by atoms with E-state index in [9.17, 15) is 0 Å². The number of hydrogen-bond acceptors (Lipinski definition) is 5. The zero-order valence-electron chi connectivity index (χ0n) is 12.0. The molecule has 0 fully saturated rings. The lowest BCUT2D eigenvalue weighted by molar-refractivity contribution is 0.513. The number of H-pyrrole nitrogens is 1. The fraction of sp³-hybridized carbons (Fsp3) is 0.125.